The Hall–Kier alpha value is -1.96. The molecule has 0 aliphatic rings. The zero-order chi connectivity index (χ0) is 9.80. The second-order valence-electron chi connectivity index (χ2n) is 2.99. The lowest BCUT2D eigenvalue weighted by Crippen LogP contribution is -1.95. The average Bonchev–Trinajstić information content (AvgIpc) is 2.23. The van der Waals surface area contributed by atoms with Gasteiger partial charge in [0, 0.05) is 11.8 Å². The molecular weight excluding hydrogens is 172 g/mol. The molecule has 0 heterocycles. The number of nitrogens with one attached hydrogen (secondary N) is 1. The fourth-order valence-corrected chi connectivity index (χ4v) is 1.24. The Balaban J connectivity index is 2.24. The van der Waals surface area contributed by atoms with Gasteiger partial charge < -0.3 is 11.1 Å². The summed E-state index contributed by atoms with van der Waals surface area (Å²) in [6.45, 7) is 0. The molecule has 0 atom stereocenters. The highest BCUT2D eigenvalue weighted by Crippen LogP contribution is 2.21. The Bertz CT molecular complexity index is 410. The summed E-state index contributed by atoms with van der Waals surface area (Å²) < 4.78 is 0. The number of rotatable bonds is 2. The van der Waals surface area contributed by atoms with Crippen LogP contribution in [0.15, 0.2) is 48.5 Å². The van der Waals surface area contributed by atoms with Gasteiger partial charge in [0.15, 0.2) is 0 Å². The molecular formula is C12H11N2. The Kier molecular flexibility index (Phi) is 2.36. The van der Waals surface area contributed by atoms with Crippen LogP contribution in [0.5, 0.6) is 0 Å². The number of nitrogens with two attached hydrogens (primary N) is 1. The van der Waals surface area contributed by atoms with Crippen LogP contribution in [-0.2, 0) is 0 Å². The van der Waals surface area contributed by atoms with Crippen LogP contribution >= 0.6 is 0 Å². The fourth-order valence-electron chi connectivity index (χ4n) is 1.24. The lowest BCUT2D eigenvalue weighted by molar-refractivity contribution is 1.54. The topological polar surface area (TPSA) is 38.0 Å². The van der Waals surface area contributed by atoms with Crippen molar-refractivity contribution in [1.82, 2.24) is 0 Å². The molecule has 0 aliphatic heterocycles. The summed E-state index contributed by atoms with van der Waals surface area (Å²) in [6.07, 6.45) is 0. The third kappa shape index (κ3) is 1.85. The summed E-state index contributed by atoms with van der Waals surface area (Å²) in [7, 11) is 0. The van der Waals surface area contributed by atoms with Crippen molar-refractivity contribution in [1.29, 1.82) is 0 Å². The van der Waals surface area contributed by atoms with Crippen molar-refractivity contribution in [3.63, 3.8) is 0 Å². The van der Waals surface area contributed by atoms with Gasteiger partial charge in [0.05, 0.1) is 11.4 Å². The molecule has 0 bridgehead atoms. The number of para-hydroxylation sites is 2. The van der Waals surface area contributed by atoms with E-state index in [4.69, 9.17) is 5.73 Å². The lowest BCUT2D eigenvalue weighted by atomic mass is 10.2. The second-order valence-corrected chi connectivity index (χ2v) is 2.99. The van der Waals surface area contributed by atoms with E-state index in [0.29, 0.717) is 5.69 Å². The molecule has 0 fully saturated rings. The van der Waals surface area contributed by atoms with Gasteiger partial charge in [-0.3, -0.25) is 0 Å². The van der Waals surface area contributed by atoms with Crippen molar-refractivity contribution in [3.05, 3.63) is 54.6 Å². The highest BCUT2D eigenvalue weighted by molar-refractivity contribution is 5.71. The van der Waals surface area contributed by atoms with Gasteiger partial charge in [0.2, 0.25) is 0 Å². The van der Waals surface area contributed by atoms with E-state index in [9.17, 15) is 0 Å². The van der Waals surface area contributed by atoms with Crippen LogP contribution in [0.2, 0.25) is 0 Å². The number of benzene rings is 2. The lowest BCUT2D eigenvalue weighted by Gasteiger charge is -2.07. The monoisotopic (exact) mass is 183 g/mol. The van der Waals surface area contributed by atoms with E-state index in [1.54, 1.807) is 6.07 Å². The van der Waals surface area contributed by atoms with E-state index in [1.165, 1.54) is 0 Å². The first-order valence-electron chi connectivity index (χ1n) is 4.44. The van der Waals surface area contributed by atoms with Gasteiger partial charge in [-0.1, -0.05) is 30.3 Å². The minimum Gasteiger partial charge on any atom is -0.397 e. The van der Waals surface area contributed by atoms with Crippen molar-refractivity contribution in [2.75, 3.05) is 11.1 Å². The standard InChI is InChI=1S/C12H11N2/c13-11-8-4-5-9-12(11)14-10-6-2-1-3-7-10/h1-7,9,14H,13H2. The summed E-state index contributed by atoms with van der Waals surface area (Å²) >= 11 is 0. The van der Waals surface area contributed by atoms with Crippen LogP contribution in [-0.4, -0.2) is 0 Å². The zero-order valence-corrected chi connectivity index (χ0v) is 7.70. The second kappa shape index (κ2) is 3.83. The molecule has 2 rings (SSSR count). The molecule has 0 amide bonds. The predicted octanol–water partition coefficient (Wildman–Crippen LogP) is 2.81. The molecule has 2 nitrogen and oxygen atoms in total. The highest BCUT2D eigenvalue weighted by Gasteiger charge is 1.96. The van der Waals surface area contributed by atoms with Gasteiger partial charge in [0.1, 0.15) is 0 Å². The summed E-state index contributed by atoms with van der Waals surface area (Å²) in [5.41, 5.74) is 8.30. The van der Waals surface area contributed by atoms with Crippen LogP contribution in [0, 0.1) is 6.07 Å². The molecule has 2 aromatic carbocycles. The Morgan fingerprint density at radius 3 is 2.50 bits per heavy atom. The molecule has 14 heavy (non-hydrogen) atoms. The van der Waals surface area contributed by atoms with Gasteiger partial charge in [-0.05, 0) is 18.2 Å². The van der Waals surface area contributed by atoms with E-state index in [0.717, 1.165) is 11.4 Å². The van der Waals surface area contributed by atoms with E-state index < -0.39 is 0 Å². The maximum absolute atomic E-state index is 5.75. The van der Waals surface area contributed by atoms with Crippen molar-refractivity contribution in [2.24, 2.45) is 0 Å². The Labute approximate surface area is 83.4 Å². The minimum atomic E-state index is 0.636. The van der Waals surface area contributed by atoms with E-state index in [1.807, 2.05) is 42.5 Å². The molecule has 69 valence electrons. The summed E-state index contributed by atoms with van der Waals surface area (Å²) in [4.78, 5) is 0. The number of anilines is 3. The molecule has 0 saturated carbocycles. The molecule has 2 aromatic rings. The first-order valence-corrected chi connectivity index (χ1v) is 4.44. The summed E-state index contributed by atoms with van der Waals surface area (Å²) in [6, 6.07) is 18.5. The van der Waals surface area contributed by atoms with E-state index in [2.05, 4.69) is 11.4 Å². The molecule has 1 radical (unpaired) electrons. The minimum absolute atomic E-state index is 0.636. The predicted molar refractivity (Wildman–Crippen MR) is 59.4 cm³/mol. The van der Waals surface area contributed by atoms with Gasteiger partial charge in [-0.2, -0.15) is 0 Å². The van der Waals surface area contributed by atoms with Crippen LogP contribution in [0.25, 0.3) is 0 Å². The quantitative estimate of drug-likeness (QED) is 0.702. The van der Waals surface area contributed by atoms with Gasteiger partial charge in [-0.25, -0.2) is 0 Å². The largest absolute Gasteiger partial charge is 0.397 e. The first kappa shape index (κ1) is 8.63. The Morgan fingerprint density at radius 1 is 1.00 bits per heavy atom. The van der Waals surface area contributed by atoms with Crippen LogP contribution in [0.4, 0.5) is 17.1 Å². The normalized spacial score (nSPS) is 9.71. The first-order chi connectivity index (χ1) is 6.86. The van der Waals surface area contributed by atoms with Crippen molar-refractivity contribution in [3.8, 4) is 0 Å². The van der Waals surface area contributed by atoms with E-state index >= 15 is 0 Å². The molecule has 2 heteroatoms. The smallest absolute Gasteiger partial charge is 0.0633 e. The maximum Gasteiger partial charge on any atom is 0.0633 e. The third-order valence-corrected chi connectivity index (χ3v) is 1.94. The summed E-state index contributed by atoms with van der Waals surface area (Å²) in [5.74, 6) is 0. The van der Waals surface area contributed by atoms with Gasteiger partial charge >= 0.3 is 0 Å². The molecule has 0 unspecified atom stereocenters. The molecule has 0 saturated heterocycles. The van der Waals surface area contributed by atoms with Crippen molar-refractivity contribution in [2.45, 2.75) is 0 Å². The van der Waals surface area contributed by atoms with Gasteiger partial charge in [0.25, 0.3) is 0 Å². The Morgan fingerprint density at radius 2 is 1.79 bits per heavy atom. The zero-order valence-electron chi connectivity index (χ0n) is 7.70. The maximum atomic E-state index is 5.75. The number of nitrogen functional groups attached to an aromatic ring is 1. The van der Waals surface area contributed by atoms with Crippen molar-refractivity contribution < 1.29 is 0 Å². The molecule has 0 aliphatic carbocycles. The molecule has 3 N–H and O–H groups in total. The van der Waals surface area contributed by atoms with Crippen LogP contribution < -0.4 is 11.1 Å². The van der Waals surface area contributed by atoms with Gasteiger partial charge in [-0.15, -0.1) is 0 Å². The highest BCUT2D eigenvalue weighted by atomic mass is 14.9. The molecule has 0 spiro atoms. The third-order valence-electron chi connectivity index (χ3n) is 1.94. The van der Waals surface area contributed by atoms with Crippen LogP contribution in [0.3, 0.4) is 0 Å². The average molecular weight is 183 g/mol. The van der Waals surface area contributed by atoms with Crippen molar-refractivity contribution >= 4 is 17.1 Å². The van der Waals surface area contributed by atoms with Crippen LogP contribution in [0.1, 0.15) is 0 Å². The fraction of sp³-hybridized carbons (Fsp3) is 0. The van der Waals surface area contributed by atoms with E-state index in [-0.39, 0.29) is 0 Å². The summed E-state index contributed by atoms with van der Waals surface area (Å²) in [5, 5.41) is 3.22. The molecule has 0 aromatic heterocycles. The number of hydrogen-bond donors (Lipinski definition) is 2. The number of hydrogen-bond acceptors (Lipinski definition) is 2. The SMILES string of the molecule is Nc1[c]cccc1Nc1ccccc1.